The summed E-state index contributed by atoms with van der Waals surface area (Å²) in [5.74, 6) is 0.793. The van der Waals surface area contributed by atoms with Crippen LogP contribution < -0.4 is 15.8 Å². The van der Waals surface area contributed by atoms with Gasteiger partial charge in [0.15, 0.2) is 0 Å². The van der Waals surface area contributed by atoms with Gasteiger partial charge in [0.05, 0.1) is 25.7 Å². The highest BCUT2D eigenvalue weighted by Gasteiger charge is 2.38. The number of methoxy groups -OCH3 is 1. The highest BCUT2D eigenvalue weighted by Crippen LogP contribution is 2.31. The Labute approximate surface area is 178 Å². The van der Waals surface area contributed by atoms with Gasteiger partial charge in [-0.25, -0.2) is 0 Å². The summed E-state index contributed by atoms with van der Waals surface area (Å²) in [5.41, 5.74) is 8.21. The first-order valence-corrected chi connectivity index (χ1v) is 9.54. The molecule has 1 saturated heterocycles. The van der Waals surface area contributed by atoms with Crippen molar-refractivity contribution in [1.29, 1.82) is 0 Å². The van der Waals surface area contributed by atoms with Crippen LogP contribution in [0.25, 0.3) is 0 Å². The van der Waals surface area contributed by atoms with Crippen molar-refractivity contribution in [2.45, 2.75) is 26.1 Å². The van der Waals surface area contributed by atoms with Gasteiger partial charge in [0, 0.05) is 25.4 Å². The average molecular weight is 421 g/mol. The van der Waals surface area contributed by atoms with Gasteiger partial charge in [0.1, 0.15) is 5.75 Å². The minimum absolute atomic E-state index is 0. The van der Waals surface area contributed by atoms with Crippen molar-refractivity contribution < 1.29 is 19.0 Å². The molecule has 0 saturated carbocycles. The van der Waals surface area contributed by atoms with Gasteiger partial charge in [0.2, 0.25) is 5.91 Å². The van der Waals surface area contributed by atoms with E-state index in [9.17, 15) is 4.79 Å². The number of benzene rings is 2. The van der Waals surface area contributed by atoms with Crippen molar-refractivity contribution in [2.24, 2.45) is 11.1 Å². The third-order valence-corrected chi connectivity index (χ3v) is 5.20. The van der Waals surface area contributed by atoms with Crippen LogP contribution in [0.3, 0.4) is 0 Å². The SMILES string of the molecule is COc1ccc(COCc2cccc(NC(=O)C3(CN)CCOCC3)c2)cc1.Cl. The summed E-state index contributed by atoms with van der Waals surface area (Å²) in [6.07, 6.45) is 1.31. The monoisotopic (exact) mass is 420 g/mol. The van der Waals surface area contributed by atoms with E-state index in [1.54, 1.807) is 7.11 Å². The lowest BCUT2D eigenvalue weighted by Gasteiger charge is -2.34. The quantitative estimate of drug-likeness (QED) is 0.682. The molecule has 2 aromatic rings. The number of hydrogen-bond acceptors (Lipinski definition) is 5. The van der Waals surface area contributed by atoms with Crippen LogP contribution in [0.4, 0.5) is 5.69 Å². The van der Waals surface area contributed by atoms with Crippen LogP contribution in [0.1, 0.15) is 24.0 Å². The number of carbonyl (C=O) groups excluding carboxylic acids is 1. The summed E-state index contributed by atoms with van der Waals surface area (Å²) in [6, 6.07) is 15.5. The van der Waals surface area contributed by atoms with Gasteiger partial charge in [-0.05, 0) is 48.2 Å². The van der Waals surface area contributed by atoms with Crippen LogP contribution in [-0.2, 0) is 27.5 Å². The van der Waals surface area contributed by atoms with E-state index in [1.807, 2.05) is 48.5 Å². The second-order valence-corrected chi connectivity index (χ2v) is 7.09. The van der Waals surface area contributed by atoms with Crippen molar-refractivity contribution in [3.8, 4) is 5.75 Å². The van der Waals surface area contributed by atoms with Crippen molar-refractivity contribution in [1.82, 2.24) is 0 Å². The van der Waals surface area contributed by atoms with E-state index in [0.717, 1.165) is 22.6 Å². The minimum atomic E-state index is -0.543. The topological polar surface area (TPSA) is 82.8 Å². The minimum Gasteiger partial charge on any atom is -0.497 e. The smallest absolute Gasteiger partial charge is 0.232 e. The molecule has 158 valence electrons. The van der Waals surface area contributed by atoms with Gasteiger partial charge >= 0.3 is 0 Å². The van der Waals surface area contributed by atoms with E-state index < -0.39 is 5.41 Å². The first-order valence-electron chi connectivity index (χ1n) is 9.54. The molecular weight excluding hydrogens is 392 g/mol. The highest BCUT2D eigenvalue weighted by atomic mass is 35.5. The Kier molecular flexibility index (Phi) is 8.92. The summed E-state index contributed by atoms with van der Waals surface area (Å²) in [5, 5.41) is 3.02. The van der Waals surface area contributed by atoms with Gasteiger partial charge in [-0.2, -0.15) is 0 Å². The summed E-state index contributed by atoms with van der Waals surface area (Å²) in [7, 11) is 1.65. The number of nitrogens with one attached hydrogen (secondary N) is 1. The van der Waals surface area contributed by atoms with Gasteiger partial charge in [-0.1, -0.05) is 24.3 Å². The largest absolute Gasteiger partial charge is 0.497 e. The molecular formula is C22H29ClN2O4. The summed E-state index contributed by atoms with van der Waals surface area (Å²) in [4.78, 5) is 12.8. The van der Waals surface area contributed by atoms with E-state index in [0.29, 0.717) is 45.8 Å². The lowest BCUT2D eigenvalue weighted by atomic mass is 9.79. The molecule has 2 aromatic carbocycles. The molecule has 1 amide bonds. The lowest BCUT2D eigenvalue weighted by Crippen LogP contribution is -2.46. The Bertz CT molecular complexity index is 777. The molecule has 0 atom stereocenters. The number of anilines is 1. The zero-order chi connectivity index (χ0) is 19.8. The molecule has 1 heterocycles. The number of amides is 1. The zero-order valence-electron chi connectivity index (χ0n) is 16.7. The molecule has 1 aliphatic rings. The van der Waals surface area contributed by atoms with Crippen molar-refractivity contribution in [3.05, 3.63) is 59.7 Å². The number of ether oxygens (including phenoxy) is 3. The maximum atomic E-state index is 12.8. The summed E-state index contributed by atoms with van der Waals surface area (Å²) in [6.45, 7) is 2.45. The molecule has 0 aromatic heterocycles. The zero-order valence-corrected chi connectivity index (χ0v) is 17.5. The van der Waals surface area contributed by atoms with E-state index in [2.05, 4.69) is 5.32 Å². The standard InChI is InChI=1S/C22H28N2O4.ClH/c1-26-20-7-5-17(6-8-20)14-28-15-18-3-2-4-19(13-18)24-21(25)22(16-23)9-11-27-12-10-22;/h2-8,13H,9-12,14-16,23H2,1H3,(H,24,25);1H. The van der Waals surface area contributed by atoms with Crippen LogP contribution in [0, 0.1) is 5.41 Å². The predicted octanol–water partition coefficient (Wildman–Crippen LogP) is 3.53. The van der Waals surface area contributed by atoms with Crippen LogP contribution in [0.15, 0.2) is 48.5 Å². The normalized spacial score (nSPS) is 15.2. The Morgan fingerprint density at radius 3 is 2.45 bits per heavy atom. The number of nitrogens with two attached hydrogens (primary N) is 1. The van der Waals surface area contributed by atoms with Crippen LogP contribution >= 0.6 is 12.4 Å². The van der Waals surface area contributed by atoms with Crippen LogP contribution in [-0.4, -0.2) is 32.8 Å². The third kappa shape index (κ3) is 6.18. The molecule has 0 radical (unpaired) electrons. The fraction of sp³-hybridized carbons (Fsp3) is 0.409. The molecule has 0 unspecified atom stereocenters. The molecule has 7 heteroatoms. The number of hydrogen-bond donors (Lipinski definition) is 2. The van der Waals surface area contributed by atoms with E-state index in [4.69, 9.17) is 19.9 Å². The number of carbonyl (C=O) groups is 1. The van der Waals surface area contributed by atoms with Gasteiger partial charge < -0.3 is 25.3 Å². The second-order valence-electron chi connectivity index (χ2n) is 7.09. The Morgan fingerprint density at radius 1 is 1.10 bits per heavy atom. The molecule has 0 bridgehead atoms. The molecule has 3 N–H and O–H groups in total. The predicted molar refractivity (Wildman–Crippen MR) is 115 cm³/mol. The maximum Gasteiger partial charge on any atom is 0.232 e. The van der Waals surface area contributed by atoms with Crippen molar-refractivity contribution in [3.63, 3.8) is 0 Å². The Hall–Kier alpha value is -2.12. The average Bonchev–Trinajstić information content (AvgIpc) is 2.75. The van der Waals surface area contributed by atoms with Crippen LogP contribution in [0.5, 0.6) is 5.75 Å². The third-order valence-electron chi connectivity index (χ3n) is 5.20. The van der Waals surface area contributed by atoms with Gasteiger partial charge in [0.25, 0.3) is 0 Å². The van der Waals surface area contributed by atoms with Crippen LogP contribution in [0.2, 0.25) is 0 Å². The van der Waals surface area contributed by atoms with Gasteiger partial charge in [-0.3, -0.25) is 4.79 Å². The van der Waals surface area contributed by atoms with Gasteiger partial charge in [-0.15, -0.1) is 12.4 Å². The molecule has 0 spiro atoms. The van der Waals surface area contributed by atoms with Crippen molar-refractivity contribution in [2.75, 3.05) is 32.2 Å². The van der Waals surface area contributed by atoms with Crippen molar-refractivity contribution >= 4 is 24.0 Å². The molecule has 0 aliphatic carbocycles. The summed E-state index contributed by atoms with van der Waals surface area (Å²) >= 11 is 0. The highest BCUT2D eigenvalue weighted by molar-refractivity contribution is 5.95. The lowest BCUT2D eigenvalue weighted by molar-refractivity contribution is -0.130. The number of rotatable bonds is 8. The van der Waals surface area contributed by atoms with E-state index >= 15 is 0 Å². The first-order chi connectivity index (χ1) is 13.6. The Balaban J connectivity index is 0.00000300. The fourth-order valence-electron chi connectivity index (χ4n) is 3.30. The molecule has 1 fully saturated rings. The molecule has 3 rings (SSSR count). The maximum absolute atomic E-state index is 12.8. The van der Waals surface area contributed by atoms with E-state index in [-0.39, 0.29) is 18.3 Å². The molecule has 29 heavy (non-hydrogen) atoms. The second kappa shape index (κ2) is 11.2. The van der Waals surface area contributed by atoms with E-state index in [1.165, 1.54) is 0 Å². The first kappa shape index (κ1) is 23.2. The molecule has 6 nitrogen and oxygen atoms in total. The fourth-order valence-corrected chi connectivity index (χ4v) is 3.30. The summed E-state index contributed by atoms with van der Waals surface area (Å²) < 4.78 is 16.3. The number of halogens is 1. The Morgan fingerprint density at radius 2 is 1.79 bits per heavy atom. The molecule has 1 aliphatic heterocycles.